The topological polar surface area (TPSA) is 9.23 Å². The minimum Gasteiger partial charge on any atom is -0.443 e. The monoisotopic (exact) mass is 181 g/mol. The predicted octanol–water partition coefficient (Wildman–Crippen LogP) is 3.90. The first kappa shape index (κ1) is 12.4. The van der Waals surface area contributed by atoms with Crippen LogP contribution in [0.15, 0.2) is 0 Å². The number of hydrogen-bond acceptors (Lipinski definition) is 1. The highest BCUT2D eigenvalue weighted by Crippen LogP contribution is 2.07. The fourth-order valence-electron chi connectivity index (χ4n) is 1.27. The molecular weight excluding hydrogens is 160 g/mol. The Bertz CT molecular complexity index is 141. The average molecular weight is 181 g/mol. The molecule has 0 saturated carbocycles. The summed E-state index contributed by atoms with van der Waals surface area (Å²) < 4.78 is 4.39. The zero-order chi connectivity index (χ0) is 9.78. The van der Waals surface area contributed by atoms with E-state index in [1.54, 1.807) is 0 Å². The Hall–Kier alpha value is -0.640. The number of hydrogen-bond donors (Lipinski definition) is 0. The van der Waals surface area contributed by atoms with Crippen LogP contribution in [0.5, 0.6) is 0 Å². The quantitative estimate of drug-likeness (QED) is 0.427. The number of ether oxygens (including phenoxy) is 1. The average Bonchev–Trinajstić information content (AvgIpc) is 2.16. The van der Waals surface area contributed by atoms with Crippen molar-refractivity contribution in [3.8, 4) is 12.0 Å². The Morgan fingerprint density at radius 3 is 2.23 bits per heavy atom. The summed E-state index contributed by atoms with van der Waals surface area (Å²) in [5, 5.41) is 0. The van der Waals surface area contributed by atoms with Crippen LogP contribution in [0.4, 0.5) is 0 Å². The van der Waals surface area contributed by atoms with Gasteiger partial charge in [0.1, 0.15) is 13.2 Å². The first-order valence-corrected chi connectivity index (χ1v) is 5.30. The molecule has 0 aromatic rings. The summed E-state index contributed by atoms with van der Waals surface area (Å²) >= 11 is 0. The maximum absolute atomic E-state index is 4.39. The van der Waals surface area contributed by atoms with Crippen molar-refractivity contribution in [1.82, 2.24) is 0 Å². The van der Waals surface area contributed by atoms with Crippen LogP contribution in [-0.4, -0.2) is 0 Å². The van der Waals surface area contributed by atoms with Crippen LogP contribution >= 0.6 is 0 Å². The zero-order valence-electron chi connectivity index (χ0n) is 8.77. The van der Waals surface area contributed by atoms with Crippen molar-refractivity contribution in [3.63, 3.8) is 0 Å². The van der Waals surface area contributed by atoms with E-state index in [1.807, 2.05) is 0 Å². The largest absolute Gasteiger partial charge is 0.443 e. The van der Waals surface area contributed by atoms with E-state index in [4.69, 9.17) is 0 Å². The molecule has 0 amide bonds. The second kappa shape index (κ2) is 11.4. The third kappa shape index (κ3) is 11.4. The van der Waals surface area contributed by atoms with Gasteiger partial charge in [0.2, 0.25) is 0 Å². The molecule has 0 saturated heterocycles. The fourth-order valence-corrected chi connectivity index (χ4v) is 1.27. The lowest BCUT2D eigenvalue weighted by molar-refractivity contribution is 0.430. The van der Waals surface area contributed by atoms with Gasteiger partial charge in [-0.25, -0.2) is 0 Å². The van der Waals surface area contributed by atoms with Crippen LogP contribution < -0.4 is 0 Å². The van der Waals surface area contributed by atoms with E-state index in [1.165, 1.54) is 44.9 Å². The molecule has 1 heteroatoms. The van der Waals surface area contributed by atoms with E-state index >= 15 is 0 Å². The molecule has 0 aromatic heterocycles. The van der Waals surface area contributed by atoms with Gasteiger partial charge in [-0.05, 0) is 6.42 Å². The number of unbranched alkanes of at least 4 members (excludes halogenated alkanes) is 7. The highest BCUT2D eigenvalue weighted by Gasteiger charge is 1.88. The first-order chi connectivity index (χ1) is 6.41. The van der Waals surface area contributed by atoms with Crippen molar-refractivity contribution in [2.45, 2.75) is 58.3 Å². The summed E-state index contributed by atoms with van der Waals surface area (Å²) in [6, 6.07) is 0. The highest BCUT2D eigenvalue weighted by atomic mass is 16.5. The van der Waals surface area contributed by atoms with Crippen LogP contribution in [0.1, 0.15) is 58.3 Å². The third-order valence-electron chi connectivity index (χ3n) is 2.05. The molecule has 75 valence electrons. The van der Waals surface area contributed by atoms with E-state index in [0.29, 0.717) is 0 Å². The Kier molecular flexibility index (Phi) is 10.8. The second-order valence-corrected chi connectivity index (χ2v) is 3.29. The molecule has 1 nitrogen and oxygen atoms in total. The van der Waals surface area contributed by atoms with Crippen molar-refractivity contribution in [3.05, 3.63) is 7.11 Å². The maximum atomic E-state index is 4.39. The van der Waals surface area contributed by atoms with Crippen molar-refractivity contribution >= 4 is 0 Å². The van der Waals surface area contributed by atoms with Crippen molar-refractivity contribution < 1.29 is 4.74 Å². The van der Waals surface area contributed by atoms with Gasteiger partial charge >= 0.3 is 0 Å². The van der Waals surface area contributed by atoms with Crippen LogP contribution in [0, 0.1) is 19.1 Å². The molecule has 0 unspecified atom stereocenters. The number of rotatable bonds is 7. The molecule has 0 N–H and O–H groups in total. The van der Waals surface area contributed by atoms with Gasteiger partial charge in [-0.2, -0.15) is 0 Å². The third-order valence-corrected chi connectivity index (χ3v) is 2.05. The van der Waals surface area contributed by atoms with Crippen molar-refractivity contribution in [2.24, 2.45) is 0 Å². The van der Waals surface area contributed by atoms with Gasteiger partial charge in [0.15, 0.2) is 0 Å². The molecular formula is C12H21O. The van der Waals surface area contributed by atoms with Crippen molar-refractivity contribution in [1.29, 1.82) is 0 Å². The summed E-state index contributed by atoms with van der Waals surface area (Å²) in [5.74, 6) is 2.90. The summed E-state index contributed by atoms with van der Waals surface area (Å²) in [6.45, 7) is 2.24. The van der Waals surface area contributed by atoms with Gasteiger partial charge in [0.05, 0.1) is 0 Å². The van der Waals surface area contributed by atoms with Gasteiger partial charge in [0.25, 0.3) is 0 Å². The molecule has 0 bridgehead atoms. The molecule has 0 fully saturated rings. The summed E-state index contributed by atoms with van der Waals surface area (Å²) in [7, 11) is 3.18. The van der Waals surface area contributed by atoms with E-state index < -0.39 is 0 Å². The molecule has 0 spiro atoms. The highest BCUT2D eigenvalue weighted by molar-refractivity contribution is 4.90. The standard InChI is InChI=1S/C12H21O/c1-3-4-5-6-7-8-9-10-11-12-13-2/h2-10H2,1H3. The predicted molar refractivity (Wildman–Crippen MR) is 56.8 cm³/mol. The molecule has 0 aliphatic carbocycles. The molecule has 0 aromatic carbocycles. The molecule has 0 aliphatic rings. The van der Waals surface area contributed by atoms with Crippen LogP contribution in [0.25, 0.3) is 0 Å². The van der Waals surface area contributed by atoms with Crippen LogP contribution in [0.2, 0.25) is 0 Å². The Morgan fingerprint density at radius 1 is 1.00 bits per heavy atom. The molecule has 1 radical (unpaired) electrons. The van der Waals surface area contributed by atoms with Gasteiger partial charge in [0, 0.05) is 6.42 Å². The lowest BCUT2D eigenvalue weighted by atomic mass is 10.1. The lowest BCUT2D eigenvalue weighted by Crippen LogP contribution is -1.79. The van der Waals surface area contributed by atoms with Crippen molar-refractivity contribution in [2.75, 3.05) is 0 Å². The molecule has 0 aliphatic heterocycles. The minimum atomic E-state index is 0.948. The minimum absolute atomic E-state index is 0.948. The zero-order valence-corrected chi connectivity index (χ0v) is 8.77. The van der Waals surface area contributed by atoms with Gasteiger partial charge in [-0.1, -0.05) is 51.4 Å². The first-order valence-electron chi connectivity index (χ1n) is 5.30. The smallest absolute Gasteiger partial charge is 0.135 e. The molecule has 0 atom stereocenters. The Balaban J connectivity index is 2.91. The summed E-state index contributed by atoms with van der Waals surface area (Å²) in [5.41, 5.74) is 0. The summed E-state index contributed by atoms with van der Waals surface area (Å²) in [4.78, 5) is 0. The van der Waals surface area contributed by atoms with Gasteiger partial charge < -0.3 is 4.74 Å². The van der Waals surface area contributed by atoms with E-state index in [9.17, 15) is 0 Å². The van der Waals surface area contributed by atoms with Gasteiger partial charge in [-0.3, -0.25) is 0 Å². The van der Waals surface area contributed by atoms with E-state index in [-0.39, 0.29) is 0 Å². The fraction of sp³-hybridized carbons (Fsp3) is 0.750. The van der Waals surface area contributed by atoms with Crippen LogP contribution in [-0.2, 0) is 4.74 Å². The normalized spacial score (nSPS) is 9.08. The second-order valence-electron chi connectivity index (χ2n) is 3.29. The molecule has 0 rings (SSSR count). The van der Waals surface area contributed by atoms with E-state index in [0.717, 1.165) is 6.42 Å². The van der Waals surface area contributed by atoms with Crippen LogP contribution in [0.3, 0.4) is 0 Å². The maximum Gasteiger partial charge on any atom is 0.135 e. The lowest BCUT2D eigenvalue weighted by Gasteiger charge is -1.97. The summed E-state index contributed by atoms with van der Waals surface area (Å²) in [6.07, 6.45) is 12.8. The molecule has 0 heterocycles. The van der Waals surface area contributed by atoms with E-state index in [2.05, 4.69) is 30.8 Å². The SMILES string of the molecule is [CH2]OC#CCCCCCCCCC. The Labute approximate surface area is 82.9 Å². The molecule has 13 heavy (non-hydrogen) atoms. The van der Waals surface area contributed by atoms with Gasteiger partial charge in [-0.15, -0.1) is 0 Å². The Morgan fingerprint density at radius 2 is 1.62 bits per heavy atom.